The van der Waals surface area contributed by atoms with E-state index in [1.165, 1.54) is 12.1 Å². The summed E-state index contributed by atoms with van der Waals surface area (Å²) < 4.78 is 0. The van der Waals surface area contributed by atoms with Crippen molar-refractivity contribution in [3.05, 3.63) is 48.1 Å². The number of hydrogen-bond donors (Lipinski definition) is 2. The van der Waals surface area contributed by atoms with E-state index in [4.69, 9.17) is 0 Å². The van der Waals surface area contributed by atoms with E-state index in [2.05, 4.69) is 46.7 Å². The van der Waals surface area contributed by atoms with Gasteiger partial charge >= 0.3 is 0 Å². The summed E-state index contributed by atoms with van der Waals surface area (Å²) in [5, 5.41) is 5.99. The number of amides is 2. The molecular formula is C23H30N4O2. The lowest BCUT2D eigenvalue weighted by Crippen LogP contribution is -2.35. The third-order valence-corrected chi connectivity index (χ3v) is 6.02. The van der Waals surface area contributed by atoms with Gasteiger partial charge < -0.3 is 20.4 Å². The zero-order chi connectivity index (χ0) is 20.4. The van der Waals surface area contributed by atoms with Crippen LogP contribution in [-0.2, 0) is 9.59 Å². The van der Waals surface area contributed by atoms with E-state index in [0.717, 1.165) is 31.6 Å². The Morgan fingerprint density at radius 2 is 1.86 bits per heavy atom. The summed E-state index contributed by atoms with van der Waals surface area (Å²) in [5.74, 6) is 0.222. The van der Waals surface area contributed by atoms with Gasteiger partial charge in [-0.3, -0.25) is 9.59 Å². The molecule has 3 aliphatic rings. The second-order valence-corrected chi connectivity index (χ2v) is 8.50. The number of nitrogens with zero attached hydrogens (tertiary/aromatic N) is 2. The second-order valence-electron chi connectivity index (χ2n) is 8.50. The van der Waals surface area contributed by atoms with Crippen LogP contribution >= 0.6 is 0 Å². The Kier molecular flexibility index (Phi) is 5.72. The summed E-state index contributed by atoms with van der Waals surface area (Å²) in [6, 6.07) is 8.65. The zero-order valence-electron chi connectivity index (χ0n) is 17.2. The van der Waals surface area contributed by atoms with Crippen LogP contribution in [0.2, 0.25) is 0 Å². The van der Waals surface area contributed by atoms with Crippen molar-refractivity contribution in [2.45, 2.75) is 37.8 Å². The van der Waals surface area contributed by atoms with Crippen molar-refractivity contribution in [2.24, 2.45) is 5.92 Å². The Balaban J connectivity index is 1.28. The van der Waals surface area contributed by atoms with Crippen LogP contribution in [0.1, 0.15) is 25.7 Å². The minimum Gasteiger partial charge on any atom is -0.370 e. The average Bonchev–Trinajstić information content (AvgIpc) is 3.45. The lowest BCUT2D eigenvalue weighted by molar-refractivity contribution is -0.122. The van der Waals surface area contributed by atoms with E-state index in [9.17, 15) is 9.59 Å². The highest BCUT2D eigenvalue weighted by atomic mass is 16.2. The molecule has 1 aromatic carbocycles. The lowest BCUT2D eigenvalue weighted by Gasteiger charge is -2.22. The first-order valence-electron chi connectivity index (χ1n) is 10.5. The Morgan fingerprint density at radius 3 is 2.45 bits per heavy atom. The summed E-state index contributed by atoms with van der Waals surface area (Å²) in [5.41, 5.74) is 2.62. The van der Waals surface area contributed by atoms with Crippen molar-refractivity contribution in [3.8, 4) is 0 Å². The van der Waals surface area contributed by atoms with E-state index in [1.807, 2.05) is 24.3 Å². The van der Waals surface area contributed by atoms with E-state index in [-0.39, 0.29) is 23.8 Å². The molecule has 1 saturated carbocycles. The van der Waals surface area contributed by atoms with Crippen LogP contribution < -0.4 is 15.5 Å². The number of benzene rings is 1. The van der Waals surface area contributed by atoms with Crippen LogP contribution in [0.15, 0.2) is 48.1 Å². The van der Waals surface area contributed by atoms with Gasteiger partial charge in [0, 0.05) is 42.0 Å². The summed E-state index contributed by atoms with van der Waals surface area (Å²) in [6.45, 7) is 2.10. The Labute approximate surface area is 172 Å². The average molecular weight is 395 g/mol. The molecule has 1 aliphatic heterocycles. The molecule has 6 nitrogen and oxygen atoms in total. The molecule has 2 aliphatic carbocycles. The Bertz CT molecular complexity index is 824. The molecule has 1 saturated heterocycles. The zero-order valence-corrected chi connectivity index (χ0v) is 17.2. The van der Waals surface area contributed by atoms with Crippen LogP contribution in [0, 0.1) is 5.92 Å². The topological polar surface area (TPSA) is 64.7 Å². The van der Waals surface area contributed by atoms with Crippen LogP contribution in [0.5, 0.6) is 0 Å². The van der Waals surface area contributed by atoms with Crippen LogP contribution in [0.4, 0.5) is 11.4 Å². The van der Waals surface area contributed by atoms with Crippen LogP contribution in [0.3, 0.4) is 0 Å². The van der Waals surface area contributed by atoms with Crippen molar-refractivity contribution < 1.29 is 9.59 Å². The maximum absolute atomic E-state index is 12.5. The molecule has 2 amide bonds. The molecule has 2 unspecified atom stereocenters. The summed E-state index contributed by atoms with van der Waals surface area (Å²) in [4.78, 5) is 29.1. The van der Waals surface area contributed by atoms with Crippen molar-refractivity contribution in [1.29, 1.82) is 0 Å². The molecular weight excluding hydrogens is 364 g/mol. The molecule has 4 rings (SSSR count). The van der Waals surface area contributed by atoms with Crippen molar-refractivity contribution in [3.63, 3.8) is 0 Å². The standard InChI is InChI=1S/C23H30N4O2/c1-26(2)21-13-14-27(15-21)20-11-9-19(10-12-20)25-23(29)17-5-7-18(8-6-17)24-22(28)16-3-4-16/h5-7,9-12,16,18,21H,3-4,8,13-15H2,1-2H3,(H,24,28)(H,25,29). The summed E-state index contributed by atoms with van der Waals surface area (Å²) in [6.07, 6.45) is 9.43. The minimum atomic E-state index is -0.116. The molecule has 2 atom stereocenters. The first-order valence-corrected chi connectivity index (χ1v) is 10.5. The van der Waals surface area contributed by atoms with Gasteiger partial charge in [-0.05, 0) is 64.0 Å². The van der Waals surface area contributed by atoms with Crippen LogP contribution in [0.25, 0.3) is 0 Å². The fraction of sp³-hybridized carbons (Fsp3) is 0.478. The molecule has 2 fully saturated rings. The van der Waals surface area contributed by atoms with E-state index >= 15 is 0 Å². The highest BCUT2D eigenvalue weighted by Crippen LogP contribution is 2.29. The van der Waals surface area contributed by atoms with Gasteiger partial charge in [-0.15, -0.1) is 0 Å². The highest BCUT2D eigenvalue weighted by Gasteiger charge is 2.30. The Hall–Kier alpha value is -2.60. The number of carbonyl (C=O) groups is 2. The number of rotatable bonds is 6. The fourth-order valence-corrected chi connectivity index (χ4v) is 3.90. The maximum Gasteiger partial charge on any atom is 0.255 e. The second kappa shape index (κ2) is 8.41. The summed E-state index contributed by atoms with van der Waals surface area (Å²) >= 11 is 0. The van der Waals surface area contributed by atoms with Gasteiger partial charge in [0.25, 0.3) is 5.91 Å². The van der Waals surface area contributed by atoms with Crippen molar-refractivity contribution in [2.75, 3.05) is 37.4 Å². The molecule has 154 valence electrons. The predicted octanol–water partition coefficient (Wildman–Crippen LogP) is 2.55. The van der Waals surface area contributed by atoms with Gasteiger partial charge in [-0.25, -0.2) is 0 Å². The quantitative estimate of drug-likeness (QED) is 0.778. The van der Waals surface area contributed by atoms with Gasteiger partial charge in [0.1, 0.15) is 0 Å². The van der Waals surface area contributed by atoms with Crippen molar-refractivity contribution >= 4 is 23.2 Å². The first kappa shape index (κ1) is 19.7. The normalized spacial score (nSPS) is 23.8. The molecule has 0 aromatic heterocycles. The number of hydrogen-bond acceptors (Lipinski definition) is 4. The number of carbonyl (C=O) groups excluding carboxylic acids is 2. The van der Waals surface area contributed by atoms with E-state index in [1.54, 1.807) is 6.08 Å². The molecule has 2 N–H and O–H groups in total. The largest absolute Gasteiger partial charge is 0.370 e. The van der Waals surface area contributed by atoms with Gasteiger partial charge in [-0.2, -0.15) is 0 Å². The summed E-state index contributed by atoms with van der Waals surface area (Å²) in [7, 11) is 4.26. The van der Waals surface area contributed by atoms with Gasteiger partial charge in [-0.1, -0.05) is 18.2 Å². The maximum atomic E-state index is 12.5. The minimum absolute atomic E-state index is 0.00890. The fourth-order valence-electron chi connectivity index (χ4n) is 3.90. The molecule has 1 heterocycles. The predicted molar refractivity (Wildman–Crippen MR) is 116 cm³/mol. The van der Waals surface area contributed by atoms with Gasteiger partial charge in [0.05, 0.1) is 6.04 Å². The molecule has 0 bridgehead atoms. The van der Waals surface area contributed by atoms with Gasteiger partial charge in [0.15, 0.2) is 0 Å². The molecule has 29 heavy (non-hydrogen) atoms. The molecule has 0 radical (unpaired) electrons. The van der Waals surface area contributed by atoms with Crippen LogP contribution in [-0.4, -0.2) is 56.0 Å². The number of anilines is 2. The van der Waals surface area contributed by atoms with E-state index < -0.39 is 0 Å². The third kappa shape index (κ3) is 4.88. The molecule has 1 aromatic rings. The van der Waals surface area contributed by atoms with Crippen molar-refractivity contribution in [1.82, 2.24) is 10.2 Å². The monoisotopic (exact) mass is 394 g/mol. The highest BCUT2D eigenvalue weighted by molar-refractivity contribution is 6.06. The SMILES string of the molecule is CN(C)C1CCN(c2ccc(NC(=O)C3=CCC(NC(=O)C4CC4)C=C3)cc2)C1. The number of likely N-dealkylation sites (N-methyl/N-ethyl adjacent to an activating group) is 1. The lowest BCUT2D eigenvalue weighted by atomic mass is 10.0. The first-order chi connectivity index (χ1) is 14.0. The third-order valence-electron chi connectivity index (χ3n) is 6.02. The van der Waals surface area contributed by atoms with Gasteiger partial charge in [0.2, 0.25) is 5.91 Å². The molecule has 6 heteroatoms. The number of nitrogens with one attached hydrogen (secondary N) is 2. The molecule has 0 spiro atoms. The smallest absolute Gasteiger partial charge is 0.255 e. The Morgan fingerprint density at radius 1 is 1.10 bits per heavy atom. The van der Waals surface area contributed by atoms with E-state index in [0.29, 0.717) is 18.0 Å².